The number of ether oxygens (including phenoxy) is 1. The number of carboxylic acids is 1. The molecular formula is C28H39FN2O3S. The molecular weight excluding hydrogens is 463 g/mol. The van der Waals surface area contributed by atoms with Gasteiger partial charge in [0.25, 0.3) is 0 Å². The van der Waals surface area contributed by atoms with Crippen LogP contribution in [0.4, 0.5) is 4.39 Å². The zero-order valence-corrected chi connectivity index (χ0v) is 21.6. The van der Waals surface area contributed by atoms with Crippen molar-refractivity contribution in [1.29, 1.82) is 0 Å². The number of hydrogen-bond donors (Lipinski definition) is 1. The normalized spacial score (nSPS) is 23.1. The fourth-order valence-corrected chi connectivity index (χ4v) is 7.08. The fourth-order valence-electron chi connectivity index (χ4n) is 5.72. The predicted octanol–water partition coefficient (Wildman–Crippen LogP) is 6.51. The number of likely N-dealkylation sites (tertiary alicyclic amines) is 1. The number of rotatable bonds is 10. The maximum absolute atomic E-state index is 15.4. The smallest absolute Gasteiger partial charge is 0.308 e. The molecule has 192 valence electrons. The van der Waals surface area contributed by atoms with E-state index in [9.17, 15) is 9.90 Å². The van der Waals surface area contributed by atoms with E-state index >= 15 is 4.39 Å². The number of methoxy groups -OCH3 is 1. The zero-order valence-electron chi connectivity index (χ0n) is 20.8. The summed E-state index contributed by atoms with van der Waals surface area (Å²) in [5.74, 6) is 0.597. The van der Waals surface area contributed by atoms with Gasteiger partial charge in [0.15, 0.2) is 0 Å². The molecule has 1 aromatic carbocycles. The molecule has 1 saturated heterocycles. The number of fused-ring (bicyclic) bond motifs is 1. The third-order valence-electron chi connectivity index (χ3n) is 7.83. The Kier molecular flexibility index (Phi) is 9.67. The Bertz CT molecular complexity index is 966. The maximum atomic E-state index is 15.4. The summed E-state index contributed by atoms with van der Waals surface area (Å²) in [7, 11) is 1.60. The molecule has 2 aliphatic rings. The minimum atomic E-state index is -1.16. The molecule has 1 aliphatic heterocycles. The van der Waals surface area contributed by atoms with Gasteiger partial charge in [-0.1, -0.05) is 25.7 Å². The Morgan fingerprint density at radius 2 is 2.03 bits per heavy atom. The fraction of sp³-hybridized carbons (Fsp3) is 0.643. The van der Waals surface area contributed by atoms with Gasteiger partial charge in [-0.25, -0.2) is 4.39 Å². The summed E-state index contributed by atoms with van der Waals surface area (Å²) >= 11 is 2.08. The van der Waals surface area contributed by atoms with E-state index in [0.29, 0.717) is 30.7 Å². The number of thioether (sulfide) groups is 1. The summed E-state index contributed by atoms with van der Waals surface area (Å²) in [5, 5.41) is 11.5. The topological polar surface area (TPSA) is 62.7 Å². The molecule has 2 heterocycles. The average Bonchev–Trinajstić information content (AvgIpc) is 3.15. The van der Waals surface area contributed by atoms with Crippen LogP contribution in [0.2, 0.25) is 0 Å². The third-order valence-corrected chi connectivity index (χ3v) is 9.19. The number of benzene rings is 1. The van der Waals surface area contributed by atoms with Crippen LogP contribution in [0.1, 0.15) is 69.5 Å². The summed E-state index contributed by atoms with van der Waals surface area (Å²) in [6.07, 6.45) is 10.3. The number of piperidine rings is 1. The van der Waals surface area contributed by atoms with E-state index in [2.05, 4.69) is 21.6 Å². The number of halogens is 1. The molecule has 1 saturated carbocycles. The molecule has 1 aromatic heterocycles. The third kappa shape index (κ3) is 7.10. The maximum Gasteiger partial charge on any atom is 0.308 e. The van der Waals surface area contributed by atoms with Gasteiger partial charge in [0.1, 0.15) is 11.9 Å². The number of carbonyl (C=O) groups is 1. The highest BCUT2D eigenvalue weighted by Gasteiger charge is 2.34. The Hall–Kier alpha value is -1.86. The van der Waals surface area contributed by atoms with Crippen molar-refractivity contribution in [1.82, 2.24) is 9.88 Å². The van der Waals surface area contributed by atoms with Gasteiger partial charge in [-0.15, -0.1) is 0 Å². The first kappa shape index (κ1) is 26.2. The van der Waals surface area contributed by atoms with Crippen LogP contribution in [-0.4, -0.2) is 58.7 Å². The van der Waals surface area contributed by atoms with Crippen LogP contribution in [0.5, 0.6) is 5.75 Å². The Morgan fingerprint density at radius 1 is 1.23 bits per heavy atom. The second kappa shape index (κ2) is 12.9. The SMILES string of the molecule is COc1ccc2nccc(C(F)CC[C@@H]3CCN(CCSC4CCCCCC4)C[C@@H]3C(=O)O)c2c1. The lowest BCUT2D eigenvalue weighted by Gasteiger charge is -2.37. The van der Waals surface area contributed by atoms with Gasteiger partial charge < -0.3 is 14.7 Å². The Morgan fingerprint density at radius 3 is 2.77 bits per heavy atom. The van der Waals surface area contributed by atoms with E-state index in [1.165, 1.54) is 38.5 Å². The molecule has 1 N–H and O–H groups in total. The summed E-state index contributed by atoms with van der Waals surface area (Å²) in [4.78, 5) is 18.7. The van der Waals surface area contributed by atoms with Crippen LogP contribution >= 0.6 is 11.8 Å². The zero-order chi connectivity index (χ0) is 24.6. The van der Waals surface area contributed by atoms with E-state index in [4.69, 9.17) is 4.74 Å². The van der Waals surface area contributed by atoms with Crippen LogP contribution in [0.3, 0.4) is 0 Å². The van der Waals surface area contributed by atoms with Crippen molar-refractivity contribution in [2.24, 2.45) is 11.8 Å². The lowest BCUT2D eigenvalue weighted by atomic mass is 9.81. The van der Waals surface area contributed by atoms with Gasteiger partial charge in [0.05, 0.1) is 18.5 Å². The molecule has 7 heteroatoms. The summed E-state index contributed by atoms with van der Waals surface area (Å²) in [6, 6.07) is 7.23. The van der Waals surface area contributed by atoms with Crippen molar-refractivity contribution in [3.63, 3.8) is 0 Å². The first-order chi connectivity index (χ1) is 17.0. The van der Waals surface area contributed by atoms with Crippen molar-refractivity contribution < 1.29 is 19.0 Å². The number of aromatic nitrogens is 1. The van der Waals surface area contributed by atoms with Crippen LogP contribution in [0.25, 0.3) is 10.9 Å². The molecule has 0 amide bonds. The molecule has 1 aliphatic carbocycles. The summed E-state index contributed by atoms with van der Waals surface area (Å²) in [6.45, 7) is 2.44. The van der Waals surface area contributed by atoms with Crippen LogP contribution < -0.4 is 4.74 Å². The Balaban J connectivity index is 1.30. The number of carboxylic acid groups (broad SMARTS) is 1. The monoisotopic (exact) mass is 502 g/mol. The molecule has 2 aromatic rings. The average molecular weight is 503 g/mol. The molecule has 2 fully saturated rings. The summed E-state index contributed by atoms with van der Waals surface area (Å²) in [5.41, 5.74) is 1.35. The van der Waals surface area contributed by atoms with Crippen molar-refractivity contribution in [2.75, 3.05) is 32.5 Å². The van der Waals surface area contributed by atoms with Crippen molar-refractivity contribution in [3.05, 3.63) is 36.0 Å². The van der Waals surface area contributed by atoms with Crippen molar-refractivity contribution in [2.45, 2.75) is 69.2 Å². The summed E-state index contributed by atoms with van der Waals surface area (Å²) < 4.78 is 20.7. The molecule has 0 radical (unpaired) electrons. The minimum absolute atomic E-state index is 0.0131. The first-order valence-corrected chi connectivity index (χ1v) is 14.2. The van der Waals surface area contributed by atoms with Gasteiger partial charge in [-0.05, 0) is 74.4 Å². The van der Waals surface area contributed by atoms with E-state index in [0.717, 1.165) is 41.4 Å². The first-order valence-electron chi connectivity index (χ1n) is 13.2. The van der Waals surface area contributed by atoms with Crippen molar-refractivity contribution in [3.8, 4) is 5.75 Å². The molecule has 35 heavy (non-hydrogen) atoms. The standard InChI is InChI=1S/C28H39FN2O3S/c1-34-21-9-11-27-24(18-21)23(12-14-30-27)26(29)10-8-20-13-15-31(19-25(20)28(32)33)16-17-35-22-6-4-2-3-5-7-22/h9,11-12,14,18,20,22,25-26H,2-8,10,13,15-17,19H2,1H3,(H,32,33)/t20-,25+,26?/m1/s1. The largest absolute Gasteiger partial charge is 0.497 e. The van der Waals surface area contributed by atoms with Gasteiger partial charge in [-0.3, -0.25) is 9.78 Å². The van der Waals surface area contributed by atoms with E-state index < -0.39 is 18.1 Å². The highest BCUT2D eigenvalue weighted by atomic mass is 32.2. The van der Waals surface area contributed by atoms with Gasteiger partial charge in [0, 0.05) is 35.7 Å². The number of pyridine rings is 1. The molecule has 0 spiro atoms. The lowest BCUT2D eigenvalue weighted by Crippen LogP contribution is -2.44. The number of nitrogens with zero attached hydrogens (tertiary/aromatic N) is 2. The molecule has 3 atom stereocenters. The second-order valence-corrected chi connectivity index (χ2v) is 11.5. The number of alkyl halides is 1. The minimum Gasteiger partial charge on any atom is -0.497 e. The predicted molar refractivity (Wildman–Crippen MR) is 141 cm³/mol. The van der Waals surface area contributed by atoms with Crippen LogP contribution in [-0.2, 0) is 4.79 Å². The highest BCUT2D eigenvalue weighted by molar-refractivity contribution is 7.99. The molecule has 5 nitrogen and oxygen atoms in total. The molecule has 0 bridgehead atoms. The Labute approximate surface area is 212 Å². The van der Waals surface area contributed by atoms with Gasteiger partial charge >= 0.3 is 5.97 Å². The van der Waals surface area contributed by atoms with E-state index in [1.54, 1.807) is 19.4 Å². The molecule has 1 unspecified atom stereocenters. The van der Waals surface area contributed by atoms with Crippen LogP contribution in [0, 0.1) is 11.8 Å². The van der Waals surface area contributed by atoms with E-state index in [1.807, 2.05) is 18.2 Å². The van der Waals surface area contributed by atoms with Gasteiger partial charge in [0.2, 0.25) is 0 Å². The quantitative estimate of drug-likeness (QED) is 0.374. The van der Waals surface area contributed by atoms with Gasteiger partial charge in [-0.2, -0.15) is 11.8 Å². The van der Waals surface area contributed by atoms with E-state index in [-0.39, 0.29) is 5.92 Å². The van der Waals surface area contributed by atoms with Crippen molar-refractivity contribution >= 4 is 28.6 Å². The second-order valence-electron chi connectivity index (χ2n) is 10.1. The number of hydrogen-bond acceptors (Lipinski definition) is 5. The lowest BCUT2D eigenvalue weighted by molar-refractivity contribution is -0.146. The number of aliphatic carboxylic acids is 1. The van der Waals surface area contributed by atoms with Crippen LogP contribution in [0.15, 0.2) is 30.5 Å². The molecule has 4 rings (SSSR count). The highest BCUT2D eigenvalue weighted by Crippen LogP contribution is 2.36.